The molecule has 1 aliphatic rings. The molecule has 3 rings (SSSR count). The first kappa shape index (κ1) is 15.3. The van der Waals surface area contributed by atoms with Crippen LogP contribution in [0.1, 0.15) is 28.2 Å². The van der Waals surface area contributed by atoms with Crippen molar-refractivity contribution >= 4 is 11.9 Å². The zero-order valence-electron chi connectivity index (χ0n) is 13.2. The highest BCUT2D eigenvalue weighted by molar-refractivity contribution is 5.95. The van der Waals surface area contributed by atoms with E-state index in [0.717, 1.165) is 5.56 Å². The van der Waals surface area contributed by atoms with Gasteiger partial charge >= 0.3 is 5.97 Å². The highest BCUT2D eigenvalue weighted by Gasteiger charge is 2.48. The molecule has 2 heterocycles. The van der Waals surface area contributed by atoms with Crippen molar-refractivity contribution in [3.63, 3.8) is 0 Å². The topological polar surface area (TPSA) is 75.4 Å². The maximum atomic E-state index is 12.8. The fourth-order valence-corrected chi connectivity index (χ4v) is 3.28. The molecule has 1 N–H and O–H groups in total. The standard InChI is InChI=1S/C17H19N3O3/c1-12-14(19(2)11-18-12)15(21)20-9-8-17(10-20,16(22)23)13-6-4-3-5-7-13/h3-7,11H,8-10H2,1-2H3,(H,22,23)/t17-/m0/s1. The van der Waals surface area contributed by atoms with Crippen molar-refractivity contribution in [2.45, 2.75) is 18.8 Å². The van der Waals surface area contributed by atoms with E-state index in [1.54, 1.807) is 29.8 Å². The number of carboxylic acid groups (broad SMARTS) is 1. The zero-order chi connectivity index (χ0) is 16.6. The smallest absolute Gasteiger partial charge is 0.316 e. The lowest BCUT2D eigenvalue weighted by Crippen LogP contribution is -2.40. The molecule has 0 aliphatic carbocycles. The van der Waals surface area contributed by atoms with E-state index in [4.69, 9.17) is 0 Å². The third-order valence-corrected chi connectivity index (χ3v) is 4.61. The minimum absolute atomic E-state index is 0.165. The van der Waals surface area contributed by atoms with Gasteiger partial charge in [-0.1, -0.05) is 30.3 Å². The lowest BCUT2D eigenvalue weighted by atomic mass is 9.80. The minimum atomic E-state index is -1.04. The molecule has 1 aromatic carbocycles. The molecule has 1 amide bonds. The highest BCUT2D eigenvalue weighted by atomic mass is 16.4. The van der Waals surface area contributed by atoms with Crippen LogP contribution in [0, 0.1) is 6.92 Å². The maximum Gasteiger partial charge on any atom is 0.316 e. The number of imidazole rings is 1. The Bertz CT molecular complexity index is 734. The average Bonchev–Trinajstić information content (AvgIpc) is 3.13. The van der Waals surface area contributed by atoms with Crippen LogP contribution in [0.4, 0.5) is 0 Å². The van der Waals surface area contributed by atoms with Crippen molar-refractivity contribution < 1.29 is 14.7 Å². The van der Waals surface area contributed by atoms with Crippen molar-refractivity contribution in [1.29, 1.82) is 0 Å². The third-order valence-electron chi connectivity index (χ3n) is 4.61. The van der Waals surface area contributed by atoms with E-state index in [2.05, 4.69) is 4.98 Å². The fraction of sp³-hybridized carbons (Fsp3) is 0.353. The van der Waals surface area contributed by atoms with Gasteiger partial charge in [-0.05, 0) is 18.9 Å². The number of hydrogen-bond acceptors (Lipinski definition) is 3. The van der Waals surface area contributed by atoms with Gasteiger partial charge in [-0.3, -0.25) is 9.59 Å². The van der Waals surface area contributed by atoms with Crippen LogP contribution in [-0.2, 0) is 17.3 Å². The molecule has 2 aromatic rings. The van der Waals surface area contributed by atoms with Crippen molar-refractivity contribution in [3.8, 4) is 0 Å². The van der Waals surface area contributed by atoms with Crippen LogP contribution in [0.3, 0.4) is 0 Å². The van der Waals surface area contributed by atoms with Gasteiger partial charge in [0.25, 0.3) is 5.91 Å². The molecule has 6 heteroatoms. The van der Waals surface area contributed by atoms with Gasteiger partial charge in [-0.25, -0.2) is 4.98 Å². The average molecular weight is 313 g/mol. The number of nitrogens with zero attached hydrogens (tertiary/aromatic N) is 3. The van der Waals surface area contributed by atoms with E-state index in [9.17, 15) is 14.7 Å². The van der Waals surface area contributed by atoms with Gasteiger partial charge in [0.2, 0.25) is 0 Å². The summed E-state index contributed by atoms with van der Waals surface area (Å²) in [7, 11) is 1.77. The quantitative estimate of drug-likeness (QED) is 0.934. The molecular weight excluding hydrogens is 294 g/mol. The summed E-state index contributed by atoms with van der Waals surface area (Å²) in [4.78, 5) is 30.5. The Morgan fingerprint density at radius 1 is 1.26 bits per heavy atom. The van der Waals surface area contributed by atoms with E-state index in [1.165, 1.54) is 0 Å². The Morgan fingerprint density at radius 3 is 2.52 bits per heavy atom. The van der Waals surface area contributed by atoms with Crippen LogP contribution in [0.2, 0.25) is 0 Å². The second-order valence-electron chi connectivity index (χ2n) is 6.02. The van der Waals surface area contributed by atoms with Crippen LogP contribution in [0.5, 0.6) is 0 Å². The summed E-state index contributed by atoms with van der Waals surface area (Å²) in [6.07, 6.45) is 2.01. The fourth-order valence-electron chi connectivity index (χ4n) is 3.28. The highest BCUT2D eigenvalue weighted by Crippen LogP contribution is 2.35. The number of hydrogen-bond donors (Lipinski definition) is 1. The number of aryl methyl sites for hydroxylation is 2. The molecule has 0 saturated carbocycles. The zero-order valence-corrected chi connectivity index (χ0v) is 13.2. The van der Waals surface area contributed by atoms with Crippen molar-refractivity contribution in [1.82, 2.24) is 14.5 Å². The summed E-state index contributed by atoms with van der Waals surface area (Å²) in [5.41, 5.74) is 0.873. The van der Waals surface area contributed by atoms with Crippen LogP contribution in [0.25, 0.3) is 0 Å². The number of rotatable bonds is 3. The molecule has 1 fully saturated rings. The molecule has 120 valence electrons. The van der Waals surface area contributed by atoms with Gasteiger partial charge in [0, 0.05) is 20.1 Å². The van der Waals surface area contributed by atoms with Gasteiger partial charge in [0.15, 0.2) is 0 Å². The van der Waals surface area contributed by atoms with Gasteiger partial charge in [0.05, 0.1) is 12.0 Å². The number of aromatic nitrogens is 2. The number of carbonyl (C=O) groups is 2. The van der Waals surface area contributed by atoms with Crippen molar-refractivity contribution in [3.05, 3.63) is 53.6 Å². The van der Waals surface area contributed by atoms with Crippen molar-refractivity contribution in [2.24, 2.45) is 7.05 Å². The van der Waals surface area contributed by atoms with Gasteiger partial charge in [-0.15, -0.1) is 0 Å². The Morgan fingerprint density at radius 2 is 1.96 bits per heavy atom. The Hall–Kier alpha value is -2.63. The van der Waals surface area contributed by atoms with Crippen LogP contribution >= 0.6 is 0 Å². The number of carbonyl (C=O) groups excluding carboxylic acids is 1. The molecular formula is C17H19N3O3. The molecule has 1 saturated heterocycles. The molecule has 0 radical (unpaired) electrons. The number of aliphatic carboxylic acids is 1. The second kappa shape index (κ2) is 5.53. The van der Waals surface area contributed by atoms with E-state index in [-0.39, 0.29) is 12.5 Å². The number of amides is 1. The molecule has 1 aliphatic heterocycles. The van der Waals surface area contributed by atoms with Crippen LogP contribution in [-0.4, -0.2) is 44.5 Å². The predicted octanol–water partition coefficient (Wildman–Crippen LogP) is 1.60. The Kier molecular flexibility index (Phi) is 3.67. The molecule has 1 aromatic heterocycles. The number of carboxylic acids is 1. The molecule has 0 bridgehead atoms. The lowest BCUT2D eigenvalue weighted by molar-refractivity contribution is -0.143. The van der Waals surface area contributed by atoms with E-state index >= 15 is 0 Å². The van der Waals surface area contributed by atoms with Crippen LogP contribution < -0.4 is 0 Å². The Balaban J connectivity index is 1.92. The minimum Gasteiger partial charge on any atom is -0.481 e. The first-order valence-corrected chi connectivity index (χ1v) is 7.52. The summed E-state index contributed by atoms with van der Waals surface area (Å²) >= 11 is 0. The number of likely N-dealkylation sites (tertiary alicyclic amines) is 1. The molecule has 23 heavy (non-hydrogen) atoms. The van der Waals surface area contributed by atoms with E-state index in [1.807, 2.05) is 30.3 Å². The first-order valence-electron chi connectivity index (χ1n) is 7.52. The predicted molar refractivity (Wildman–Crippen MR) is 84.2 cm³/mol. The summed E-state index contributed by atoms with van der Waals surface area (Å²) in [5, 5.41) is 9.80. The first-order chi connectivity index (χ1) is 11.0. The second-order valence-corrected chi connectivity index (χ2v) is 6.02. The maximum absolute atomic E-state index is 12.8. The summed E-state index contributed by atoms with van der Waals surface area (Å²) < 4.78 is 1.68. The van der Waals surface area contributed by atoms with Crippen LogP contribution in [0.15, 0.2) is 36.7 Å². The third kappa shape index (κ3) is 2.40. The monoisotopic (exact) mass is 313 g/mol. The lowest BCUT2D eigenvalue weighted by Gasteiger charge is -2.25. The molecule has 1 atom stereocenters. The van der Waals surface area contributed by atoms with Gasteiger partial charge < -0.3 is 14.6 Å². The van der Waals surface area contributed by atoms with Crippen molar-refractivity contribution in [2.75, 3.05) is 13.1 Å². The van der Waals surface area contributed by atoms with E-state index in [0.29, 0.717) is 24.4 Å². The van der Waals surface area contributed by atoms with Gasteiger partial charge in [-0.2, -0.15) is 0 Å². The van der Waals surface area contributed by atoms with Gasteiger partial charge in [0.1, 0.15) is 11.1 Å². The summed E-state index contributed by atoms with van der Waals surface area (Å²) in [6, 6.07) is 9.15. The Labute approximate surface area is 134 Å². The number of benzene rings is 1. The summed E-state index contributed by atoms with van der Waals surface area (Å²) in [6.45, 7) is 2.38. The SMILES string of the molecule is Cc1ncn(C)c1C(=O)N1CC[C@@](C(=O)O)(c2ccccc2)C1. The van der Waals surface area contributed by atoms with E-state index < -0.39 is 11.4 Å². The molecule has 0 spiro atoms. The molecule has 0 unspecified atom stereocenters. The molecule has 6 nitrogen and oxygen atoms in total. The normalized spacial score (nSPS) is 20.7. The largest absolute Gasteiger partial charge is 0.481 e. The summed E-state index contributed by atoms with van der Waals surface area (Å²) in [5.74, 6) is -1.05.